The highest BCUT2D eigenvalue weighted by molar-refractivity contribution is 5.73. The van der Waals surface area contributed by atoms with E-state index in [0.717, 1.165) is 31.8 Å². The van der Waals surface area contributed by atoms with E-state index in [1.54, 1.807) is 6.92 Å². The Morgan fingerprint density at radius 1 is 1.37 bits per heavy atom. The van der Waals surface area contributed by atoms with Gasteiger partial charge in [-0.05, 0) is 43.4 Å². The molecule has 1 aliphatic carbocycles. The summed E-state index contributed by atoms with van der Waals surface area (Å²) in [6.45, 7) is 10.4. The van der Waals surface area contributed by atoms with Crippen LogP contribution in [0.4, 0.5) is 0 Å². The lowest BCUT2D eigenvalue weighted by atomic mass is 9.77. The van der Waals surface area contributed by atoms with Crippen LogP contribution in [0.25, 0.3) is 0 Å². The third kappa shape index (κ3) is 5.38. The highest BCUT2D eigenvalue weighted by Gasteiger charge is 2.24. The van der Waals surface area contributed by atoms with Crippen LogP contribution in [0.15, 0.2) is 12.2 Å². The molecule has 2 heteroatoms. The zero-order valence-electron chi connectivity index (χ0n) is 13.2. The van der Waals surface area contributed by atoms with E-state index in [1.165, 1.54) is 19.3 Å². The second-order valence-electron chi connectivity index (χ2n) is 6.20. The molecule has 19 heavy (non-hydrogen) atoms. The van der Waals surface area contributed by atoms with Crippen molar-refractivity contribution in [2.45, 2.75) is 59.8 Å². The van der Waals surface area contributed by atoms with Crippen LogP contribution in [0.1, 0.15) is 59.8 Å². The summed E-state index contributed by atoms with van der Waals surface area (Å²) in [4.78, 5) is 13.7. The van der Waals surface area contributed by atoms with Crippen LogP contribution in [0, 0.1) is 17.8 Å². The summed E-state index contributed by atoms with van der Waals surface area (Å²) < 4.78 is 0. The molecule has 110 valence electrons. The number of allylic oxidation sites excluding steroid dienone is 2. The Balaban J connectivity index is 2.47. The summed E-state index contributed by atoms with van der Waals surface area (Å²) in [5.41, 5.74) is 0. The lowest BCUT2D eigenvalue weighted by molar-refractivity contribution is -0.129. The van der Waals surface area contributed by atoms with Crippen LogP contribution in [0.3, 0.4) is 0 Å². The molecule has 0 N–H and O–H groups in total. The first-order valence-corrected chi connectivity index (χ1v) is 7.96. The maximum Gasteiger partial charge on any atom is 0.219 e. The van der Waals surface area contributed by atoms with Gasteiger partial charge in [0.1, 0.15) is 0 Å². The minimum atomic E-state index is 0.232. The van der Waals surface area contributed by atoms with Gasteiger partial charge in [0.05, 0.1) is 0 Å². The van der Waals surface area contributed by atoms with E-state index in [0.29, 0.717) is 11.8 Å². The molecule has 0 aromatic heterocycles. The van der Waals surface area contributed by atoms with Crippen LogP contribution in [-0.4, -0.2) is 23.9 Å². The fourth-order valence-corrected chi connectivity index (χ4v) is 3.00. The molecule has 0 aromatic carbocycles. The summed E-state index contributed by atoms with van der Waals surface area (Å²) >= 11 is 0. The van der Waals surface area contributed by atoms with Crippen molar-refractivity contribution in [1.29, 1.82) is 0 Å². The van der Waals surface area contributed by atoms with Gasteiger partial charge in [-0.3, -0.25) is 4.79 Å². The Morgan fingerprint density at radius 3 is 2.63 bits per heavy atom. The molecular formula is C17H31NO. The van der Waals surface area contributed by atoms with Crippen LogP contribution >= 0.6 is 0 Å². The first-order chi connectivity index (χ1) is 9.06. The molecule has 2 nitrogen and oxygen atoms in total. The van der Waals surface area contributed by atoms with Crippen molar-refractivity contribution in [1.82, 2.24) is 4.90 Å². The van der Waals surface area contributed by atoms with Gasteiger partial charge >= 0.3 is 0 Å². The summed E-state index contributed by atoms with van der Waals surface area (Å²) in [6.07, 6.45) is 10.7. The zero-order chi connectivity index (χ0) is 14.3. The van der Waals surface area contributed by atoms with Crippen molar-refractivity contribution in [3.05, 3.63) is 12.2 Å². The highest BCUT2D eigenvalue weighted by atomic mass is 16.2. The minimum absolute atomic E-state index is 0.232. The molecule has 0 heterocycles. The Hall–Kier alpha value is -0.790. The van der Waals surface area contributed by atoms with Gasteiger partial charge in [0, 0.05) is 20.0 Å². The molecule has 3 atom stereocenters. The fraction of sp³-hybridized carbons (Fsp3) is 0.824. The van der Waals surface area contributed by atoms with Gasteiger partial charge in [-0.2, -0.15) is 0 Å². The smallest absolute Gasteiger partial charge is 0.219 e. The summed E-state index contributed by atoms with van der Waals surface area (Å²) in [7, 11) is 0. The van der Waals surface area contributed by atoms with Crippen LogP contribution in [-0.2, 0) is 4.79 Å². The largest absolute Gasteiger partial charge is 0.343 e. The number of carbonyl (C=O) groups excluding carboxylic acids is 1. The molecule has 0 aromatic rings. The first kappa shape index (κ1) is 16.3. The van der Waals surface area contributed by atoms with E-state index in [-0.39, 0.29) is 5.91 Å². The van der Waals surface area contributed by atoms with Crippen molar-refractivity contribution < 1.29 is 4.79 Å². The Bertz CT molecular complexity index is 298. The third-order valence-corrected chi connectivity index (χ3v) is 4.69. The first-order valence-electron chi connectivity index (χ1n) is 7.96. The number of hydrogen-bond acceptors (Lipinski definition) is 1. The van der Waals surface area contributed by atoms with Crippen LogP contribution in [0.2, 0.25) is 0 Å². The SMILES string of the molecule is CCCCN(CC(C)C(C)C1CC=CCC1)C(C)=O. The Morgan fingerprint density at radius 2 is 2.11 bits per heavy atom. The van der Waals surface area contributed by atoms with Gasteiger partial charge in [-0.1, -0.05) is 39.3 Å². The van der Waals surface area contributed by atoms with Crippen molar-refractivity contribution >= 4 is 5.91 Å². The van der Waals surface area contributed by atoms with E-state index >= 15 is 0 Å². The Labute approximate surface area is 119 Å². The molecule has 0 radical (unpaired) electrons. The molecule has 0 bridgehead atoms. The molecule has 0 saturated carbocycles. The summed E-state index contributed by atoms with van der Waals surface area (Å²) in [6, 6.07) is 0. The summed E-state index contributed by atoms with van der Waals surface area (Å²) in [5, 5.41) is 0. The lowest BCUT2D eigenvalue weighted by Gasteiger charge is -2.33. The zero-order valence-corrected chi connectivity index (χ0v) is 13.2. The van der Waals surface area contributed by atoms with E-state index < -0.39 is 0 Å². The average Bonchev–Trinajstić information content (AvgIpc) is 2.43. The fourth-order valence-electron chi connectivity index (χ4n) is 3.00. The summed E-state index contributed by atoms with van der Waals surface area (Å²) in [5.74, 6) is 2.33. The van der Waals surface area contributed by atoms with Crippen molar-refractivity contribution in [2.75, 3.05) is 13.1 Å². The van der Waals surface area contributed by atoms with E-state index in [9.17, 15) is 4.79 Å². The predicted octanol–water partition coefficient (Wildman–Crippen LogP) is 4.26. The second-order valence-corrected chi connectivity index (χ2v) is 6.20. The van der Waals surface area contributed by atoms with Crippen molar-refractivity contribution in [3.8, 4) is 0 Å². The number of carbonyl (C=O) groups is 1. The quantitative estimate of drug-likeness (QED) is 0.630. The maximum absolute atomic E-state index is 11.7. The molecule has 1 amide bonds. The molecular weight excluding hydrogens is 234 g/mol. The number of amides is 1. The van der Waals surface area contributed by atoms with Gasteiger partial charge in [0.25, 0.3) is 0 Å². The minimum Gasteiger partial charge on any atom is -0.343 e. The second kappa shape index (κ2) is 8.39. The predicted molar refractivity (Wildman–Crippen MR) is 82.0 cm³/mol. The number of rotatable bonds is 7. The number of unbranched alkanes of at least 4 members (excludes halogenated alkanes) is 1. The van der Waals surface area contributed by atoms with Crippen LogP contribution in [0.5, 0.6) is 0 Å². The molecule has 0 spiro atoms. The number of hydrogen-bond donors (Lipinski definition) is 0. The topological polar surface area (TPSA) is 20.3 Å². The van der Waals surface area contributed by atoms with Crippen LogP contribution < -0.4 is 0 Å². The van der Waals surface area contributed by atoms with E-state index in [1.807, 2.05) is 4.90 Å². The molecule has 0 aliphatic heterocycles. The van der Waals surface area contributed by atoms with Gasteiger partial charge in [-0.15, -0.1) is 0 Å². The molecule has 3 unspecified atom stereocenters. The van der Waals surface area contributed by atoms with E-state index in [4.69, 9.17) is 0 Å². The van der Waals surface area contributed by atoms with Gasteiger partial charge in [0.15, 0.2) is 0 Å². The van der Waals surface area contributed by atoms with Gasteiger partial charge in [-0.25, -0.2) is 0 Å². The van der Waals surface area contributed by atoms with Gasteiger partial charge < -0.3 is 4.90 Å². The Kier molecular flexibility index (Phi) is 7.19. The average molecular weight is 265 g/mol. The van der Waals surface area contributed by atoms with Gasteiger partial charge in [0.2, 0.25) is 5.91 Å². The lowest BCUT2D eigenvalue weighted by Crippen LogP contribution is -2.37. The monoisotopic (exact) mass is 265 g/mol. The van der Waals surface area contributed by atoms with E-state index in [2.05, 4.69) is 32.9 Å². The molecule has 0 fully saturated rings. The number of nitrogens with zero attached hydrogens (tertiary/aromatic N) is 1. The normalized spacial score (nSPS) is 22.0. The highest BCUT2D eigenvalue weighted by Crippen LogP contribution is 2.31. The van der Waals surface area contributed by atoms with Crippen molar-refractivity contribution in [2.24, 2.45) is 17.8 Å². The molecule has 0 saturated heterocycles. The maximum atomic E-state index is 11.7. The molecule has 1 aliphatic rings. The standard InChI is InChI=1S/C17H31NO/c1-5-6-12-18(16(4)19)13-14(2)15(3)17-10-8-7-9-11-17/h7-8,14-15,17H,5-6,9-13H2,1-4H3. The third-order valence-electron chi connectivity index (χ3n) is 4.69. The van der Waals surface area contributed by atoms with Crippen molar-refractivity contribution in [3.63, 3.8) is 0 Å². The molecule has 1 rings (SSSR count).